The second-order valence-electron chi connectivity index (χ2n) is 6.66. The van der Waals surface area contributed by atoms with E-state index in [-0.39, 0.29) is 0 Å². The first-order valence-corrected chi connectivity index (χ1v) is 7.44. The molecule has 2 aromatic rings. The minimum atomic E-state index is 0.484. The van der Waals surface area contributed by atoms with Crippen LogP contribution >= 0.6 is 0 Å². The van der Waals surface area contributed by atoms with Crippen molar-refractivity contribution in [3.8, 4) is 0 Å². The fourth-order valence-corrected chi connectivity index (χ4v) is 3.09. The van der Waals surface area contributed by atoms with Crippen LogP contribution in [0.4, 0.5) is 5.69 Å². The number of anilines is 1. The molecule has 0 bridgehead atoms. The first kappa shape index (κ1) is 13.2. The first-order chi connectivity index (χ1) is 9.61. The van der Waals surface area contributed by atoms with E-state index < -0.39 is 0 Å². The highest BCUT2D eigenvalue weighted by Gasteiger charge is 2.30. The molecule has 0 amide bonds. The highest BCUT2D eigenvalue weighted by Crippen LogP contribution is 2.38. The lowest BCUT2D eigenvalue weighted by Crippen LogP contribution is -2.17. The highest BCUT2D eigenvalue weighted by molar-refractivity contribution is 5.40. The third-order valence-corrected chi connectivity index (χ3v) is 4.16. The van der Waals surface area contributed by atoms with Gasteiger partial charge in [-0.1, -0.05) is 44.2 Å². The SMILES string of the molecule is CC1(C)CCC(Nc2cnn(Cc3ccccc3)c2)C1. The standard InChI is InChI=1S/C17H23N3/c1-17(2)9-8-15(10-17)19-16-11-18-20(13-16)12-14-6-4-3-5-7-14/h3-7,11,13,15,19H,8-10,12H2,1-2H3. The molecule has 1 N–H and O–H groups in total. The molecule has 1 fully saturated rings. The monoisotopic (exact) mass is 269 g/mol. The van der Waals surface area contributed by atoms with Crippen LogP contribution < -0.4 is 5.32 Å². The van der Waals surface area contributed by atoms with Gasteiger partial charge in [0.05, 0.1) is 18.4 Å². The Morgan fingerprint density at radius 2 is 2.10 bits per heavy atom. The van der Waals surface area contributed by atoms with Gasteiger partial charge in [0.2, 0.25) is 0 Å². The first-order valence-electron chi connectivity index (χ1n) is 7.44. The Bertz CT molecular complexity index is 557. The predicted octanol–water partition coefficient (Wildman–Crippen LogP) is 3.92. The van der Waals surface area contributed by atoms with Crippen molar-refractivity contribution in [3.63, 3.8) is 0 Å². The maximum absolute atomic E-state index is 4.44. The minimum Gasteiger partial charge on any atom is -0.380 e. The highest BCUT2D eigenvalue weighted by atomic mass is 15.3. The smallest absolute Gasteiger partial charge is 0.0728 e. The summed E-state index contributed by atoms with van der Waals surface area (Å²) in [5.74, 6) is 0. The molecule has 1 saturated carbocycles. The Kier molecular flexibility index (Phi) is 3.51. The molecule has 1 aliphatic rings. The molecular weight excluding hydrogens is 246 g/mol. The van der Waals surface area contributed by atoms with Crippen molar-refractivity contribution in [1.29, 1.82) is 0 Å². The summed E-state index contributed by atoms with van der Waals surface area (Å²) in [5, 5.41) is 8.06. The molecule has 0 saturated heterocycles. The van der Waals surface area contributed by atoms with Gasteiger partial charge >= 0.3 is 0 Å². The third kappa shape index (κ3) is 3.21. The summed E-state index contributed by atoms with van der Waals surface area (Å²) in [6.45, 7) is 5.54. The maximum atomic E-state index is 4.44. The third-order valence-electron chi connectivity index (χ3n) is 4.16. The average Bonchev–Trinajstić information content (AvgIpc) is 2.98. The van der Waals surface area contributed by atoms with Gasteiger partial charge in [0, 0.05) is 12.2 Å². The summed E-state index contributed by atoms with van der Waals surface area (Å²) < 4.78 is 2.00. The summed E-state index contributed by atoms with van der Waals surface area (Å²) in [4.78, 5) is 0. The molecule has 1 aliphatic carbocycles. The van der Waals surface area contributed by atoms with Gasteiger partial charge in [-0.05, 0) is 30.2 Å². The number of hydrogen-bond donors (Lipinski definition) is 1. The predicted molar refractivity (Wildman–Crippen MR) is 82.8 cm³/mol. The van der Waals surface area contributed by atoms with Gasteiger partial charge in [-0.3, -0.25) is 4.68 Å². The van der Waals surface area contributed by atoms with E-state index >= 15 is 0 Å². The quantitative estimate of drug-likeness (QED) is 0.911. The maximum Gasteiger partial charge on any atom is 0.0728 e. The van der Waals surface area contributed by atoms with Crippen LogP contribution in [0, 0.1) is 5.41 Å². The number of benzene rings is 1. The summed E-state index contributed by atoms with van der Waals surface area (Å²) in [6.07, 6.45) is 7.86. The summed E-state index contributed by atoms with van der Waals surface area (Å²) in [6, 6.07) is 11.0. The topological polar surface area (TPSA) is 29.9 Å². The van der Waals surface area contributed by atoms with Crippen molar-refractivity contribution in [1.82, 2.24) is 9.78 Å². The molecule has 1 atom stereocenters. The summed E-state index contributed by atoms with van der Waals surface area (Å²) >= 11 is 0. The van der Waals surface area contributed by atoms with E-state index in [0.717, 1.165) is 12.2 Å². The van der Waals surface area contributed by atoms with Gasteiger partial charge in [0.25, 0.3) is 0 Å². The lowest BCUT2D eigenvalue weighted by atomic mass is 9.92. The van der Waals surface area contributed by atoms with Crippen molar-refractivity contribution < 1.29 is 0 Å². The van der Waals surface area contributed by atoms with Crippen molar-refractivity contribution in [3.05, 3.63) is 48.3 Å². The Hall–Kier alpha value is -1.77. The van der Waals surface area contributed by atoms with E-state index in [9.17, 15) is 0 Å². The molecule has 1 aromatic carbocycles. The zero-order valence-electron chi connectivity index (χ0n) is 12.3. The van der Waals surface area contributed by atoms with E-state index in [1.165, 1.54) is 24.8 Å². The molecule has 1 unspecified atom stereocenters. The van der Waals surface area contributed by atoms with E-state index in [2.05, 4.69) is 54.7 Å². The lowest BCUT2D eigenvalue weighted by molar-refractivity contribution is 0.378. The van der Waals surface area contributed by atoms with Crippen LogP contribution in [0.15, 0.2) is 42.7 Å². The van der Waals surface area contributed by atoms with Gasteiger partial charge in [0.15, 0.2) is 0 Å². The number of hydrogen-bond acceptors (Lipinski definition) is 2. The zero-order chi connectivity index (χ0) is 14.0. The number of aromatic nitrogens is 2. The molecule has 106 valence electrons. The van der Waals surface area contributed by atoms with Crippen molar-refractivity contribution >= 4 is 5.69 Å². The summed E-state index contributed by atoms with van der Waals surface area (Å²) in [7, 11) is 0. The normalized spacial score (nSPS) is 21.0. The van der Waals surface area contributed by atoms with Crippen molar-refractivity contribution in [2.75, 3.05) is 5.32 Å². The van der Waals surface area contributed by atoms with Crippen LogP contribution in [0.25, 0.3) is 0 Å². The second kappa shape index (κ2) is 5.31. The van der Waals surface area contributed by atoms with Gasteiger partial charge in [0.1, 0.15) is 0 Å². The molecular formula is C17H23N3. The Morgan fingerprint density at radius 1 is 1.30 bits per heavy atom. The second-order valence-corrected chi connectivity index (χ2v) is 6.66. The van der Waals surface area contributed by atoms with Crippen molar-refractivity contribution in [2.24, 2.45) is 5.41 Å². The lowest BCUT2D eigenvalue weighted by Gasteiger charge is -2.17. The van der Waals surface area contributed by atoms with Crippen LogP contribution in [0.1, 0.15) is 38.7 Å². The number of nitrogens with one attached hydrogen (secondary N) is 1. The zero-order valence-corrected chi connectivity index (χ0v) is 12.3. The molecule has 3 rings (SSSR count). The molecule has 0 radical (unpaired) electrons. The minimum absolute atomic E-state index is 0.484. The van der Waals surface area contributed by atoms with E-state index in [1.54, 1.807) is 0 Å². The van der Waals surface area contributed by atoms with Gasteiger partial charge < -0.3 is 5.32 Å². The molecule has 3 heteroatoms. The van der Waals surface area contributed by atoms with Crippen LogP contribution in [0.3, 0.4) is 0 Å². The van der Waals surface area contributed by atoms with Crippen LogP contribution in [0.2, 0.25) is 0 Å². The summed E-state index contributed by atoms with van der Waals surface area (Å²) in [5.41, 5.74) is 2.91. The number of rotatable bonds is 4. The van der Waals surface area contributed by atoms with E-state index in [4.69, 9.17) is 0 Å². The van der Waals surface area contributed by atoms with Gasteiger partial charge in [-0.15, -0.1) is 0 Å². The molecule has 20 heavy (non-hydrogen) atoms. The Labute approximate surface area is 121 Å². The van der Waals surface area contributed by atoms with Gasteiger partial charge in [-0.25, -0.2) is 0 Å². The van der Waals surface area contributed by atoms with Crippen molar-refractivity contribution in [2.45, 2.75) is 45.7 Å². The van der Waals surface area contributed by atoms with E-state index in [0.29, 0.717) is 11.5 Å². The van der Waals surface area contributed by atoms with Gasteiger partial charge in [-0.2, -0.15) is 5.10 Å². The molecule has 0 spiro atoms. The fraction of sp³-hybridized carbons (Fsp3) is 0.471. The molecule has 0 aliphatic heterocycles. The molecule has 1 aromatic heterocycles. The number of nitrogens with zero attached hydrogens (tertiary/aromatic N) is 2. The molecule has 1 heterocycles. The Balaban J connectivity index is 1.60. The van der Waals surface area contributed by atoms with Crippen LogP contribution in [0.5, 0.6) is 0 Å². The Morgan fingerprint density at radius 3 is 2.80 bits per heavy atom. The average molecular weight is 269 g/mol. The van der Waals surface area contributed by atoms with E-state index in [1.807, 2.05) is 16.9 Å². The van der Waals surface area contributed by atoms with Crippen LogP contribution in [-0.2, 0) is 6.54 Å². The fourth-order valence-electron chi connectivity index (χ4n) is 3.09. The van der Waals surface area contributed by atoms with Crippen LogP contribution in [-0.4, -0.2) is 15.8 Å². The largest absolute Gasteiger partial charge is 0.380 e. The molecule has 3 nitrogen and oxygen atoms in total.